The van der Waals surface area contributed by atoms with E-state index in [4.69, 9.17) is 10.5 Å². The van der Waals surface area contributed by atoms with Gasteiger partial charge in [-0.1, -0.05) is 19.9 Å². The van der Waals surface area contributed by atoms with Gasteiger partial charge in [-0.25, -0.2) is 0 Å². The van der Waals surface area contributed by atoms with Crippen molar-refractivity contribution < 1.29 is 4.74 Å². The van der Waals surface area contributed by atoms with Gasteiger partial charge in [0.05, 0.1) is 17.5 Å². The third-order valence-electron chi connectivity index (χ3n) is 3.16. The Kier molecular flexibility index (Phi) is 7.23. The molecular formula is C16H29N3O. The maximum absolute atomic E-state index is 6.14. The summed E-state index contributed by atoms with van der Waals surface area (Å²) in [6, 6.07) is 5.88. The number of rotatable bonds is 9. The number of anilines is 2. The van der Waals surface area contributed by atoms with Gasteiger partial charge in [0.1, 0.15) is 5.75 Å². The van der Waals surface area contributed by atoms with Crippen LogP contribution in [0.3, 0.4) is 0 Å². The smallest absolute Gasteiger partial charge is 0.144 e. The summed E-state index contributed by atoms with van der Waals surface area (Å²) in [4.78, 5) is 2.43. The minimum absolute atomic E-state index is 0.132. The van der Waals surface area contributed by atoms with Gasteiger partial charge in [-0.15, -0.1) is 0 Å². The third kappa shape index (κ3) is 5.29. The van der Waals surface area contributed by atoms with E-state index in [2.05, 4.69) is 24.1 Å². The summed E-state index contributed by atoms with van der Waals surface area (Å²) in [7, 11) is 0. The number of ether oxygens (including phenoxy) is 1. The Morgan fingerprint density at radius 3 is 2.60 bits per heavy atom. The van der Waals surface area contributed by atoms with Crippen LogP contribution in [0.5, 0.6) is 5.75 Å². The molecule has 4 heteroatoms. The van der Waals surface area contributed by atoms with Crippen molar-refractivity contribution in [1.82, 2.24) is 4.90 Å². The molecule has 1 rings (SSSR count). The molecule has 1 aromatic rings. The second-order valence-electron chi connectivity index (χ2n) is 5.25. The monoisotopic (exact) mass is 279 g/mol. The second kappa shape index (κ2) is 8.69. The summed E-state index contributed by atoms with van der Waals surface area (Å²) in [5, 5.41) is 3.40. The summed E-state index contributed by atoms with van der Waals surface area (Å²) in [6.07, 6.45) is 1.32. The fraction of sp³-hybridized carbons (Fsp3) is 0.625. The van der Waals surface area contributed by atoms with Crippen molar-refractivity contribution in [3.63, 3.8) is 0 Å². The minimum atomic E-state index is 0.132. The van der Waals surface area contributed by atoms with E-state index >= 15 is 0 Å². The van der Waals surface area contributed by atoms with Crippen molar-refractivity contribution in [2.24, 2.45) is 0 Å². The number of nitrogen functional groups attached to an aromatic ring is 1. The Hall–Kier alpha value is -1.42. The molecule has 0 saturated carbocycles. The maximum Gasteiger partial charge on any atom is 0.144 e. The van der Waals surface area contributed by atoms with Crippen molar-refractivity contribution in [3.05, 3.63) is 18.2 Å². The Morgan fingerprint density at radius 2 is 2.00 bits per heavy atom. The summed E-state index contributed by atoms with van der Waals surface area (Å²) in [5.74, 6) is 0.755. The topological polar surface area (TPSA) is 50.5 Å². The van der Waals surface area contributed by atoms with Crippen molar-refractivity contribution in [1.29, 1.82) is 0 Å². The molecule has 114 valence electrons. The first-order valence-corrected chi connectivity index (χ1v) is 7.59. The van der Waals surface area contributed by atoms with E-state index < -0.39 is 0 Å². The van der Waals surface area contributed by atoms with Crippen LogP contribution in [0.25, 0.3) is 0 Å². The molecule has 3 N–H and O–H groups in total. The molecule has 0 aromatic heterocycles. The lowest BCUT2D eigenvalue weighted by Gasteiger charge is -2.21. The van der Waals surface area contributed by atoms with E-state index in [0.29, 0.717) is 5.69 Å². The maximum atomic E-state index is 6.14. The zero-order valence-corrected chi connectivity index (χ0v) is 13.3. The van der Waals surface area contributed by atoms with Crippen molar-refractivity contribution in [2.75, 3.05) is 37.2 Å². The first kappa shape index (κ1) is 16.6. The molecule has 0 radical (unpaired) electrons. The van der Waals surface area contributed by atoms with E-state index in [1.54, 1.807) is 0 Å². The molecule has 0 amide bonds. The largest absolute Gasteiger partial charge is 0.489 e. The highest BCUT2D eigenvalue weighted by Crippen LogP contribution is 2.29. The van der Waals surface area contributed by atoms with Gasteiger partial charge in [0.25, 0.3) is 0 Å². The SMILES string of the molecule is CCCN(CC)CCNc1cccc(OC(C)C)c1N. The van der Waals surface area contributed by atoms with Crippen LogP contribution in [-0.4, -0.2) is 37.2 Å². The number of hydrogen-bond donors (Lipinski definition) is 2. The Bertz CT molecular complexity index is 393. The molecule has 0 fully saturated rings. The normalized spacial score (nSPS) is 11.1. The van der Waals surface area contributed by atoms with Gasteiger partial charge in [-0.2, -0.15) is 0 Å². The fourth-order valence-corrected chi connectivity index (χ4v) is 2.15. The van der Waals surface area contributed by atoms with E-state index in [-0.39, 0.29) is 6.10 Å². The van der Waals surface area contributed by atoms with Gasteiger partial charge in [-0.3, -0.25) is 0 Å². The fourth-order valence-electron chi connectivity index (χ4n) is 2.15. The minimum Gasteiger partial charge on any atom is -0.489 e. The van der Waals surface area contributed by atoms with E-state index in [0.717, 1.165) is 37.6 Å². The lowest BCUT2D eigenvalue weighted by molar-refractivity contribution is 0.244. The van der Waals surface area contributed by atoms with Crippen LogP contribution >= 0.6 is 0 Å². The molecule has 0 aliphatic rings. The van der Waals surface area contributed by atoms with Crippen molar-refractivity contribution in [3.8, 4) is 5.75 Å². The summed E-state index contributed by atoms with van der Waals surface area (Å²) in [6.45, 7) is 12.6. The average molecular weight is 279 g/mol. The first-order valence-electron chi connectivity index (χ1n) is 7.59. The number of benzene rings is 1. The number of nitrogens with one attached hydrogen (secondary N) is 1. The lowest BCUT2D eigenvalue weighted by atomic mass is 10.2. The molecule has 0 bridgehead atoms. The molecule has 0 spiro atoms. The van der Waals surface area contributed by atoms with Gasteiger partial charge in [0.15, 0.2) is 0 Å². The predicted octanol–water partition coefficient (Wildman–Crippen LogP) is 3.20. The van der Waals surface area contributed by atoms with Gasteiger partial charge in [-0.05, 0) is 45.5 Å². The standard InChI is InChI=1S/C16H29N3O/c1-5-11-19(6-2)12-10-18-14-8-7-9-15(16(14)17)20-13(3)4/h7-9,13,18H,5-6,10-12,17H2,1-4H3. The number of nitrogens with zero attached hydrogens (tertiary/aromatic N) is 1. The molecule has 0 aliphatic heterocycles. The molecule has 1 aromatic carbocycles. The van der Waals surface area contributed by atoms with Crippen LogP contribution in [-0.2, 0) is 0 Å². The van der Waals surface area contributed by atoms with Crippen LogP contribution in [0.2, 0.25) is 0 Å². The number of likely N-dealkylation sites (N-methyl/N-ethyl adjacent to an activating group) is 1. The molecule has 4 nitrogen and oxygen atoms in total. The molecule has 20 heavy (non-hydrogen) atoms. The summed E-state index contributed by atoms with van der Waals surface area (Å²) >= 11 is 0. The van der Waals surface area contributed by atoms with Crippen LogP contribution in [0.1, 0.15) is 34.1 Å². The van der Waals surface area contributed by atoms with Crippen molar-refractivity contribution in [2.45, 2.75) is 40.2 Å². The number of nitrogens with two attached hydrogens (primary N) is 1. The highest BCUT2D eigenvalue weighted by atomic mass is 16.5. The molecule has 0 unspecified atom stereocenters. The molecule has 0 saturated heterocycles. The first-order chi connectivity index (χ1) is 9.58. The Morgan fingerprint density at radius 1 is 1.25 bits per heavy atom. The van der Waals surface area contributed by atoms with E-state index in [9.17, 15) is 0 Å². The van der Waals surface area contributed by atoms with Gasteiger partial charge in [0.2, 0.25) is 0 Å². The average Bonchev–Trinajstić information content (AvgIpc) is 2.41. The Balaban J connectivity index is 2.55. The second-order valence-corrected chi connectivity index (χ2v) is 5.25. The quantitative estimate of drug-likeness (QED) is 0.682. The highest BCUT2D eigenvalue weighted by Gasteiger charge is 2.07. The number of hydrogen-bond acceptors (Lipinski definition) is 4. The van der Waals surface area contributed by atoms with Crippen LogP contribution in [0.15, 0.2) is 18.2 Å². The van der Waals surface area contributed by atoms with Gasteiger partial charge < -0.3 is 20.7 Å². The highest BCUT2D eigenvalue weighted by molar-refractivity contribution is 5.72. The van der Waals surface area contributed by atoms with Crippen LogP contribution < -0.4 is 15.8 Å². The molecule has 0 heterocycles. The van der Waals surface area contributed by atoms with Crippen LogP contribution in [0, 0.1) is 0 Å². The predicted molar refractivity (Wildman–Crippen MR) is 87.5 cm³/mol. The van der Waals surface area contributed by atoms with E-state index in [1.807, 2.05) is 32.0 Å². The summed E-state index contributed by atoms with van der Waals surface area (Å²) in [5.41, 5.74) is 7.79. The third-order valence-corrected chi connectivity index (χ3v) is 3.16. The van der Waals surface area contributed by atoms with Crippen molar-refractivity contribution >= 4 is 11.4 Å². The molecule has 0 atom stereocenters. The zero-order chi connectivity index (χ0) is 15.0. The van der Waals surface area contributed by atoms with E-state index in [1.165, 1.54) is 6.42 Å². The Labute approximate surface area is 123 Å². The number of para-hydroxylation sites is 1. The summed E-state index contributed by atoms with van der Waals surface area (Å²) < 4.78 is 5.70. The molecular weight excluding hydrogens is 250 g/mol. The molecule has 0 aliphatic carbocycles. The van der Waals surface area contributed by atoms with Gasteiger partial charge >= 0.3 is 0 Å². The van der Waals surface area contributed by atoms with Crippen LogP contribution in [0.4, 0.5) is 11.4 Å². The lowest BCUT2D eigenvalue weighted by Crippen LogP contribution is -2.29. The zero-order valence-electron chi connectivity index (χ0n) is 13.3. The van der Waals surface area contributed by atoms with Gasteiger partial charge in [0, 0.05) is 13.1 Å².